The summed E-state index contributed by atoms with van der Waals surface area (Å²) in [5.74, 6) is 0.965. The van der Waals surface area contributed by atoms with Gasteiger partial charge in [0.1, 0.15) is 5.75 Å². The fourth-order valence-electron chi connectivity index (χ4n) is 1.28. The first-order valence-corrected chi connectivity index (χ1v) is 5.47. The average Bonchev–Trinajstić information content (AvgIpc) is 2.77. The minimum atomic E-state index is 0.337. The highest BCUT2D eigenvalue weighted by Gasteiger charge is 2.05. The second kappa shape index (κ2) is 4.72. The molecule has 0 unspecified atom stereocenters. The molecular formula is C10H9Cl2N3O. The van der Waals surface area contributed by atoms with Crippen LogP contribution in [0, 0.1) is 0 Å². The summed E-state index contributed by atoms with van der Waals surface area (Å²) in [6.45, 7) is 0. The maximum absolute atomic E-state index is 6.01. The molecule has 0 saturated carbocycles. The first-order chi connectivity index (χ1) is 7.74. The number of alkyl halides is 1. The molecule has 0 atom stereocenters. The zero-order chi connectivity index (χ0) is 11.5. The molecule has 0 aliphatic carbocycles. The molecule has 2 rings (SSSR count). The van der Waals surface area contributed by atoms with E-state index in [1.807, 2.05) is 6.07 Å². The lowest BCUT2D eigenvalue weighted by Gasteiger charge is -2.05. The van der Waals surface area contributed by atoms with E-state index in [0.29, 0.717) is 22.3 Å². The normalized spacial score (nSPS) is 10.4. The van der Waals surface area contributed by atoms with Crippen molar-refractivity contribution in [3.05, 3.63) is 35.1 Å². The third-order valence-corrected chi connectivity index (χ3v) is 2.65. The van der Waals surface area contributed by atoms with Gasteiger partial charge in [-0.05, 0) is 18.2 Å². The molecule has 0 fully saturated rings. The van der Waals surface area contributed by atoms with Gasteiger partial charge in [0, 0.05) is 0 Å². The minimum absolute atomic E-state index is 0.337. The molecule has 0 spiro atoms. The zero-order valence-electron chi connectivity index (χ0n) is 8.52. The molecule has 2 aromatic rings. The summed E-state index contributed by atoms with van der Waals surface area (Å²) in [5.41, 5.74) is 1.53. The third kappa shape index (κ3) is 2.13. The average molecular weight is 258 g/mol. The smallest absolute Gasteiger partial charge is 0.137 e. The van der Waals surface area contributed by atoms with Gasteiger partial charge in [0.15, 0.2) is 0 Å². The first-order valence-electron chi connectivity index (χ1n) is 4.55. The predicted molar refractivity (Wildman–Crippen MR) is 62.5 cm³/mol. The van der Waals surface area contributed by atoms with Gasteiger partial charge >= 0.3 is 0 Å². The van der Waals surface area contributed by atoms with Gasteiger partial charge in [0.25, 0.3) is 0 Å². The third-order valence-electron chi connectivity index (χ3n) is 2.08. The number of hydrogen-bond donors (Lipinski definition) is 0. The Labute approximate surface area is 103 Å². The van der Waals surface area contributed by atoms with E-state index in [0.717, 1.165) is 5.69 Å². The van der Waals surface area contributed by atoms with Crippen LogP contribution in [0.1, 0.15) is 5.69 Å². The van der Waals surface area contributed by atoms with Crippen molar-refractivity contribution >= 4 is 23.2 Å². The number of hydrogen-bond acceptors (Lipinski definition) is 3. The van der Waals surface area contributed by atoms with Crippen molar-refractivity contribution in [2.75, 3.05) is 7.11 Å². The molecular weight excluding hydrogens is 249 g/mol. The highest BCUT2D eigenvalue weighted by Crippen LogP contribution is 2.26. The van der Waals surface area contributed by atoms with Crippen LogP contribution < -0.4 is 4.74 Å². The van der Waals surface area contributed by atoms with Crippen LogP contribution in [0.25, 0.3) is 5.69 Å². The van der Waals surface area contributed by atoms with Crippen molar-refractivity contribution in [3.63, 3.8) is 0 Å². The highest BCUT2D eigenvalue weighted by atomic mass is 35.5. The summed E-state index contributed by atoms with van der Waals surface area (Å²) in [4.78, 5) is 0. The Morgan fingerprint density at radius 1 is 1.44 bits per heavy atom. The van der Waals surface area contributed by atoms with E-state index >= 15 is 0 Å². The first kappa shape index (κ1) is 11.2. The molecule has 0 radical (unpaired) electrons. The van der Waals surface area contributed by atoms with Gasteiger partial charge in [0.05, 0.1) is 35.6 Å². The fraction of sp³-hybridized carbons (Fsp3) is 0.200. The second-order valence-electron chi connectivity index (χ2n) is 3.11. The summed E-state index contributed by atoms with van der Waals surface area (Å²) in [6, 6.07) is 5.38. The monoisotopic (exact) mass is 257 g/mol. The van der Waals surface area contributed by atoms with Crippen molar-refractivity contribution in [2.24, 2.45) is 0 Å². The van der Waals surface area contributed by atoms with Gasteiger partial charge in [-0.25, -0.2) is 4.68 Å². The Morgan fingerprint density at radius 2 is 2.25 bits per heavy atom. The SMILES string of the molecule is COc1ccc(-n2cc(CCl)nn2)cc1Cl. The van der Waals surface area contributed by atoms with Crippen LogP contribution in [0.3, 0.4) is 0 Å². The lowest BCUT2D eigenvalue weighted by molar-refractivity contribution is 0.415. The maximum Gasteiger partial charge on any atom is 0.137 e. The Bertz CT molecular complexity index is 499. The van der Waals surface area contributed by atoms with Gasteiger partial charge < -0.3 is 4.74 Å². The van der Waals surface area contributed by atoms with Gasteiger partial charge in [-0.1, -0.05) is 16.8 Å². The predicted octanol–water partition coefficient (Wildman–Crippen LogP) is 2.67. The molecule has 0 aliphatic rings. The molecule has 0 N–H and O–H groups in total. The molecule has 0 amide bonds. The standard InChI is InChI=1S/C10H9Cl2N3O/c1-16-10-3-2-8(4-9(10)12)15-6-7(5-11)13-14-15/h2-4,6H,5H2,1H3. The number of methoxy groups -OCH3 is 1. The molecule has 0 aliphatic heterocycles. The summed E-state index contributed by atoms with van der Waals surface area (Å²) < 4.78 is 6.68. The van der Waals surface area contributed by atoms with Crippen molar-refractivity contribution in [2.45, 2.75) is 5.88 Å². The van der Waals surface area contributed by atoms with Crippen LogP contribution in [0.15, 0.2) is 24.4 Å². The number of aromatic nitrogens is 3. The Kier molecular flexibility index (Phi) is 3.31. The van der Waals surface area contributed by atoms with Crippen LogP contribution in [-0.2, 0) is 5.88 Å². The molecule has 0 saturated heterocycles. The van der Waals surface area contributed by atoms with Crippen LogP contribution in [0.4, 0.5) is 0 Å². The largest absolute Gasteiger partial charge is 0.495 e. The number of halogens is 2. The van der Waals surface area contributed by atoms with Gasteiger partial charge in [-0.2, -0.15) is 0 Å². The number of benzene rings is 1. The highest BCUT2D eigenvalue weighted by molar-refractivity contribution is 6.32. The minimum Gasteiger partial charge on any atom is -0.495 e. The van der Waals surface area contributed by atoms with E-state index in [1.165, 1.54) is 0 Å². The summed E-state index contributed by atoms with van der Waals surface area (Å²) >= 11 is 11.7. The number of rotatable bonds is 3. The molecule has 4 nitrogen and oxygen atoms in total. The molecule has 16 heavy (non-hydrogen) atoms. The van der Waals surface area contributed by atoms with Crippen LogP contribution in [-0.4, -0.2) is 22.1 Å². The van der Waals surface area contributed by atoms with Crippen LogP contribution >= 0.6 is 23.2 Å². The van der Waals surface area contributed by atoms with Crippen LogP contribution in [0.2, 0.25) is 5.02 Å². The van der Waals surface area contributed by atoms with E-state index in [4.69, 9.17) is 27.9 Å². The maximum atomic E-state index is 6.01. The number of ether oxygens (including phenoxy) is 1. The second-order valence-corrected chi connectivity index (χ2v) is 3.78. The van der Waals surface area contributed by atoms with E-state index in [2.05, 4.69) is 10.3 Å². The molecule has 84 valence electrons. The van der Waals surface area contributed by atoms with E-state index < -0.39 is 0 Å². The van der Waals surface area contributed by atoms with Gasteiger partial charge in [-0.15, -0.1) is 16.7 Å². The zero-order valence-corrected chi connectivity index (χ0v) is 10.0. The Hall–Kier alpha value is -1.26. The van der Waals surface area contributed by atoms with E-state index in [-0.39, 0.29) is 0 Å². The molecule has 1 aromatic carbocycles. The molecule has 6 heteroatoms. The van der Waals surface area contributed by atoms with E-state index in [1.54, 1.807) is 30.1 Å². The van der Waals surface area contributed by atoms with Crippen molar-refractivity contribution < 1.29 is 4.74 Å². The summed E-state index contributed by atoms with van der Waals surface area (Å²) in [6.07, 6.45) is 1.76. The Balaban J connectivity index is 2.37. The lowest BCUT2D eigenvalue weighted by Crippen LogP contribution is -1.95. The summed E-state index contributed by atoms with van der Waals surface area (Å²) in [5, 5.41) is 8.36. The molecule has 0 bridgehead atoms. The quantitative estimate of drug-likeness (QED) is 0.794. The van der Waals surface area contributed by atoms with Crippen molar-refractivity contribution in [3.8, 4) is 11.4 Å². The van der Waals surface area contributed by atoms with Gasteiger partial charge in [-0.3, -0.25) is 0 Å². The number of nitrogens with zero attached hydrogens (tertiary/aromatic N) is 3. The molecule has 1 heterocycles. The van der Waals surface area contributed by atoms with Crippen molar-refractivity contribution in [1.29, 1.82) is 0 Å². The molecule has 1 aromatic heterocycles. The topological polar surface area (TPSA) is 39.9 Å². The lowest BCUT2D eigenvalue weighted by atomic mass is 10.3. The van der Waals surface area contributed by atoms with E-state index in [9.17, 15) is 0 Å². The van der Waals surface area contributed by atoms with Gasteiger partial charge in [0.2, 0.25) is 0 Å². The Morgan fingerprint density at radius 3 is 2.81 bits per heavy atom. The van der Waals surface area contributed by atoms with Crippen LogP contribution in [0.5, 0.6) is 5.75 Å². The fourth-order valence-corrected chi connectivity index (χ4v) is 1.66. The van der Waals surface area contributed by atoms with Crippen molar-refractivity contribution in [1.82, 2.24) is 15.0 Å². The summed E-state index contributed by atoms with van der Waals surface area (Å²) in [7, 11) is 1.57.